The first-order chi connectivity index (χ1) is 16.2. The van der Waals surface area contributed by atoms with Gasteiger partial charge in [0.15, 0.2) is 11.5 Å². The first-order valence-corrected chi connectivity index (χ1v) is 12.2. The molecule has 0 heterocycles. The average molecular weight is 497 g/mol. The lowest BCUT2D eigenvalue weighted by molar-refractivity contribution is 0.0833. The van der Waals surface area contributed by atoms with Gasteiger partial charge in [-0.3, -0.25) is 4.79 Å². The van der Waals surface area contributed by atoms with Crippen molar-refractivity contribution in [2.24, 2.45) is 0 Å². The lowest BCUT2D eigenvalue weighted by Gasteiger charge is -2.20. The standard InChI is InChI=1S/C23H32N2O8S/c1-6-25(7-2)34(28,29)21-13-16(11-12-18(21)30-3)23(27)24-14-17(26)15-33-22-19(31-4)9-8-10-20(22)32-5/h8-13,17,26H,6-7,14-15H2,1-5H3,(H,24,27). The molecule has 0 bridgehead atoms. The highest BCUT2D eigenvalue weighted by Gasteiger charge is 2.27. The summed E-state index contributed by atoms with van der Waals surface area (Å²) in [6.07, 6.45) is -1.05. The van der Waals surface area contributed by atoms with Gasteiger partial charge in [0.05, 0.1) is 21.3 Å². The van der Waals surface area contributed by atoms with Crippen molar-refractivity contribution in [1.82, 2.24) is 9.62 Å². The predicted molar refractivity (Wildman–Crippen MR) is 126 cm³/mol. The second kappa shape index (κ2) is 12.4. The fourth-order valence-corrected chi connectivity index (χ4v) is 4.87. The summed E-state index contributed by atoms with van der Waals surface area (Å²) < 4.78 is 48.6. The fraction of sp³-hybridized carbons (Fsp3) is 0.435. The van der Waals surface area contributed by atoms with E-state index >= 15 is 0 Å². The van der Waals surface area contributed by atoms with Crippen LogP contribution in [0.1, 0.15) is 24.2 Å². The number of benzene rings is 2. The third-order valence-electron chi connectivity index (χ3n) is 5.05. The number of nitrogens with one attached hydrogen (secondary N) is 1. The van der Waals surface area contributed by atoms with Crippen molar-refractivity contribution in [2.75, 3.05) is 47.6 Å². The third-order valence-corrected chi connectivity index (χ3v) is 7.12. The van der Waals surface area contributed by atoms with Crippen LogP contribution in [0.5, 0.6) is 23.0 Å². The molecule has 2 rings (SSSR count). The summed E-state index contributed by atoms with van der Waals surface area (Å²) in [6.45, 7) is 3.76. The minimum Gasteiger partial charge on any atom is -0.495 e. The van der Waals surface area contributed by atoms with Gasteiger partial charge in [-0.1, -0.05) is 19.9 Å². The number of sulfonamides is 1. The van der Waals surface area contributed by atoms with Crippen LogP contribution in [0.4, 0.5) is 0 Å². The van der Waals surface area contributed by atoms with Gasteiger partial charge in [0.1, 0.15) is 23.4 Å². The van der Waals surface area contributed by atoms with E-state index in [1.165, 1.54) is 43.8 Å². The minimum absolute atomic E-state index is 0.0986. The number of ether oxygens (including phenoxy) is 4. The molecule has 34 heavy (non-hydrogen) atoms. The van der Waals surface area contributed by atoms with Gasteiger partial charge in [0, 0.05) is 25.2 Å². The molecule has 1 atom stereocenters. The average Bonchev–Trinajstić information content (AvgIpc) is 2.85. The first-order valence-electron chi connectivity index (χ1n) is 10.7. The summed E-state index contributed by atoms with van der Waals surface area (Å²) in [4.78, 5) is 12.6. The number of rotatable bonds is 13. The van der Waals surface area contributed by atoms with Crippen LogP contribution in [0.2, 0.25) is 0 Å². The van der Waals surface area contributed by atoms with Crippen molar-refractivity contribution in [3.8, 4) is 23.0 Å². The maximum Gasteiger partial charge on any atom is 0.251 e. The Hall–Kier alpha value is -3.02. The van der Waals surface area contributed by atoms with E-state index in [1.54, 1.807) is 32.0 Å². The highest BCUT2D eigenvalue weighted by molar-refractivity contribution is 7.89. The topological polar surface area (TPSA) is 124 Å². The van der Waals surface area contributed by atoms with Crippen LogP contribution in [-0.2, 0) is 10.0 Å². The number of hydrogen-bond donors (Lipinski definition) is 2. The number of nitrogens with zero attached hydrogens (tertiary/aromatic N) is 1. The van der Waals surface area contributed by atoms with Crippen molar-refractivity contribution >= 4 is 15.9 Å². The summed E-state index contributed by atoms with van der Waals surface area (Å²) in [6, 6.07) is 9.28. The van der Waals surface area contributed by atoms with E-state index in [4.69, 9.17) is 18.9 Å². The molecular weight excluding hydrogens is 464 g/mol. The van der Waals surface area contributed by atoms with E-state index in [2.05, 4.69) is 5.32 Å². The molecule has 1 unspecified atom stereocenters. The maximum atomic E-state index is 13.0. The highest BCUT2D eigenvalue weighted by Crippen LogP contribution is 2.36. The number of para-hydroxylation sites is 1. The third kappa shape index (κ3) is 6.31. The Bertz CT molecular complexity index is 1050. The lowest BCUT2D eigenvalue weighted by Crippen LogP contribution is -2.35. The van der Waals surface area contributed by atoms with E-state index in [0.717, 1.165) is 0 Å². The SMILES string of the molecule is CCN(CC)S(=O)(=O)c1cc(C(=O)NCC(O)COc2c(OC)cccc2OC)ccc1OC. The van der Waals surface area contributed by atoms with Crippen LogP contribution in [0, 0.1) is 0 Å². The number of carbonyl (C=O) groups excluding carboxylic acids is 1. The fourth-order valence-electron chi connectivity index (χ4n) is 3.23. The second-order valence-corrected chi connectivity index (χ2v) is 9.03. The number of aliphatic hydroxyl groups excluding tert-OH is 1. The van der Waals surface area contributed by atoms with Crippen LogP contribution in [0.3, 0.4) is 0 Å². The number of methoxy groups -OCH3 is 3. The Morgan fingerprint density at radius 3 is 2.12 bits per heavy atom. The molecule has 2 aromatic carbocycles. The molecule has 10 nitrogen and oxygen atoms in total. The van der Waals surface area contributed by atoms with E-state index in [0.29, 0.717) is 17.2 Å². The molecule has 188 valence electrons. The largest absolute Gasteiger partial charge is 0.495 e. The molecule has 2 N–H and O–H groups in total. The lowest BCUT2D eigenvalue weighted by atomic mass is 10.2. The molecule has 0 aromatic heterocycles. The molecule has 0 saturated carbocycles. The second-order valence-electron chi connectivity index (χ2n) is 7.12. The van der Waals surface area contributed by atoms with Gasteiger partial charge in [-0.25, -0.2) is 8.42 Å². The van der Waals surface area contributed by atoms with E-state index in [9.17, 15) is 18.3 Å². The summed E-state index contributed by atoms with van der Waals surface area (Å²) in [5.41, 5.74) is 0.117. The Morgan fingerprint density at radius 1 is 1.00 bits per heavy atom. The molecule has 0 aliphatic rings. The normalized spacial score (nSPS) is 12.2. The first kappa shape index (κ1) is 27.2. The summed E-state index contributed by atoms with van der Waals surface area (Å²) in [7, 11) is 0.492. The molecule has 0 fully saturated rings. The zero-order valence-electron chi connectivity index (χ0n) is 20.0. The van der Waals surface area contributed by atoms with Gasteiger partial charge in [0.2, 0.25) is 15.8 Å². The van der Waals surface area contributed by atoms with E-state index in [1.807, 2.05) is 0 Å². The van der Waals surface area contributed by atoms with E-state index in [-0.39, 0.29) is 42.4 Å². The van der Waals surface area contributed by atoms with Crippen molar-refractivity contribution in [1.29, 1.82) is 0 Å². The molecule has 0 aliphatic heterocycles. The van der Waals surface area contributed by atoms with Gasteiger partial charge < -0.3 is 29.4 Å². The Labute approximate surface area is 200 Å². The number of hydrogen-bond acceptors (Lipinski definition) is 8. The Balaban J connectivity index is 2.09. The zero-order chi connectivity index (χ0) is 25.3. The minimum atomic E-state index is -3.85. The van der Waals surface area contributed by atoms with Crippen LogP contribution < -0.4 is 24.3 Å². The van der Waals surface area contributed by atoms with Crippen molar-refractivity contribution in [2.45, 2.75) is 24.8 Å². The van der Waals surface area contributed by atoms with Crippen molar-refractivity contribution in [3.63, 3.8) is 0 Å². The molecule has 0 aliphatic carbocycles. The predicted octanol–water partition coefficient (Wildman–Crippen LogP) is 1.91. The van der Waals surface area contributed by atoms with Crippen molar-refractivity contribution < 1.29 is 37.3 Å². The van der Waals surface area contributed by atoms with Crippen LogP contribution in [-0.4, -0.2) is 77.4 Å². The van der Waals surface area contributed by atoms with Gasteiger partial charge >= 0.3 is 0 Å². The summed E-state index contributed by atoms with van der Waals surface area (Å²) >= 11 is 0. The van der Waals surface area contributed by atoms with Crippen molar-refractivity contribution in [3.05, 3.63) is 42.0 Å². The molecule has 0 saturated heterocycles. The molecule has 0 radical (unpaired) electrons. The van der Waals surface area contributed by atoms with Gasteiger partial charge in [0.25, 0.3) is 5.91 Å². The zero-order valence-corrected chi connectivity index (χ0v) is 20.8. The number of amides is 1. The smallest absolute Gasteiger partial charge is 0.251 e. The molecule has 2 aromatic rings. The van der Waals surface area contributed by atoms with E-state index < -0.39 is 22.0 Å². The Morgan fingerprint density at radius 2 is 1.59 bits per heavy atom. The Kier molecular flexibility index (Phi) is 9.97. The van der Waals surface area contributed by atoms with Gasteiger partial charge in [-0.05, 0) is 30.3 Å². The monoisotopic (exact) mass is 496 g/mol. The molecular formula is C23H32N2O8S. The molecule has 11 heteroatoms. The van der Waals surface area contributed by atoms with Crippen LogP contribution in [0.25, 0.3) is 0 Å². The highest BCUT2D eigenvalue weighted by atomic mass is 32.2. The van der Waals surface area contributed by atoms with Gasteiger partial charge in [-0.2, -0.15) is 4.31 Å². The molecule has 1 amide bonds. The maximum absolute atomic E-state index is 13.0. The summed E-state index contributed by atoms with van der Waals surface area (Å²) in [5, 5.41) is 12.9. The van der Waals surface area contributed by atoms with Crippen LogP contribution >= 0.6 is 0 Å². The summed E-state index contributed by atoms with van der Waals surface area (Å²) in [5.74, 6) is 0.806. The van der Waals surface area contributed by atoms with Gasteiger partial charge in [-0.15, -0.1) is 0 Å². The van der Waals surface area contributed by atoms with Crippen LogP contribution in [0.15, 0.2) is 41.3 Å². The number of carbonyl (C=O) groups is 1. The molecule has 0 spiro atoms. The number of aliphatic hydroxyl groups is 1. The quantitative estimate of drug-likeness (QED) is 0.431.